The molecule has 2 N–H and O–H groups in total. The summed E-state index contributed by atoms with van der Waals surface area (Å²) < 4.78 is 13.1. The summed E-state index contributed by atoms with van der Waals surface area (Å²) in [5.74, 6) is -0.389. The zero-order valence-electron chi connectivity index (χ0n) is 10.1. The molecular formula is C14H15ClFNS. The van der Waals surface area contributed by atoms with Gasteiger partial charge in [-0.25, -0.2) is 4.39 Å². The second-order valence-corrected chi connectivity index (χ2v) is 5.58. The average molecular weight is 284 g/mol. The molecule has 0 aliphatic carbocycles. The van der Waals surface area contributed by atoms with Gasteiger partial charge in [0.2, 0.25) is 0 Å². The summed E-state index contributed by atoms with van der Waals surface area (Å²) in [5.41, 5.74) is 8.46. The van der Waals surface area contributed by atoms with Gasteiger partial charge in [-0.05, 0) is 47.5 Å². The van der Waals surface area contributed by atoms with E-state index < -0.39 is 0 Å². The fourth-order valence-electron chi connectivity index (χ4n) is 1.98. The van der Waals surface area contributed by atoms with E-state index in [4.69, 9.17) is 17.3 Å². The Balaban J connectivity index is 2.16. The smallest absolute Gasteiger partial charge is 0.141 e. The molecule has 1 heterocycles. The number of aryl methyl sites for hydroxylation is 1. The number of hydrogen-bond donors (Lipinski definition) is 1. The quantitative estimate of drug-likeness (QED) is 0.887. The lowest BCUT2D eigenvalue weighted by Gasteiger charge is -2.12. The minimum atomic E-state index is -0.389. The molecule has 1 unspecified atom stereocenters. The van der Waals surface area contributed by atoms with E-state index in [0.717, 1.165) is 12.0 Å². The molecule has 0 fully saturated rings. The van der Waals surface area contributed by atoms with Crippen molar-refractivity contribution in [3.05, 3.63) is 56.5 Å². The summed E-state index contributed by atoms with van der Waals surface area (Å²) >= 11 is 7.44. The summed E-state index contributed by atoms with van der Waals surface area (Å²) in [6.45, 7) is 2.12. The molecule has 0 saturated carbocycles. The van der Waals surface area contributed by atoms with Crippen LogP contribution in [-0.2, 0) is 12.8 Å². The lowest BCUT2D eigenvalue weighted by atomic mass is 10.0. The van der Waals surface area contributed by atoms with Gasteiger partial charge in [0, 0.05) is 10.9 Å². The molecule has 2 aromatic rings. The molecule has 0 amide bonds. The van der Waals surface area contributed by atoms with Crippen LogP contribution in [0.15, 0.2) is 29.6 Å². The fourth-order valence-corrected chi connectivity index (χ4v) is 3.18. The van der Waals surface area contributed by atoms with Crippen molar-refractivity contribution in [2.45, 2.75) is 25.8 Å². The lowest BCUT2D eigenvalue weighted by Crippen LogP contribution is -2.13. The second kappa shape index (κ2) is 5.83. The van der Waals surface area contributed by atoms with Crippen molar-refractivity contribution < 1.29 is 4.39 Å². The molecule has 18 heavy (non-hydrogen) atoms. The van der Waals surface area contributed by atoms with E-state index in [9.17, 15) is 4.39 Å². The van der Waals surface area contributed by atoms with E-state index in [2.05, 4.69) is 18.4 Å². The highest BCUT2D eigenvalue weighted by molar-refractivity contribution is 7.10. The van der Waals surface area contributed by atoms with Gasteiger partial charge in [0.1, 0.15) is 5.82 Å². The van der Waals surface area contributed by atoms with E-state index in [1.54, 1.807) is 23.5 Å². The molecular weight excluding hydrogens is 269 g/mol. The first-order valence-electron chi connectivity index (χ1n) is 5.87. The molecule has 4 heteroatoms. The summed E-state index contributed by atoms with van der Waals surface area (Å²) in [4.78, 5) is 1.21. The zero-order valence-corrected chi connectivity index (χ0v) is 11.7. The number of halogens is 2. The van der Waals surface area contributed by atoms with Crippen LogP contribution < -0.4 is 5.73 Å². The highest BCUT2D eigenvalue weighted by atomic mass is 35.5. The number of rotatable bonds is 4. The molecule has 0 aliphatic rings. The van der Waals surface area contributed by atoms with Crippen molar-refractivity contribution in [2.24, 2.45) is 5.73 Å². The molecule has 1 aromatic heterocycles. The zero-order chi connectivity index (χ0) is 13.1. The van der Waals surface area contributed by atoms with Crippen LogP contribution >= 0.6 is 22.9 Å². The first-order chi connectivity index (χ1) is 8.61. The summed E-state index contributed by atoms with van der Waals surface area (Å²) in [6, 6.07) is 6.83. The Kier molecular flexibility index (Phi) is 4.38. The van der Waals surface area contributed by atoms with Crippen molar-refractivity contribution in [3.8, 4) is 0 Å². The standard InChI is InChI=1S/C14H15ClFNS/c1-2-10-5-6-18-14(10)13(17)8-9-3-4-12(16)11(15)7-9/h3-7,13H,2,8,17H2,1H3. The molecule has 1 nitrogen and oxygen atoms in total. The monoisotopic (exact) mass is 283 g/mol. The van der Waals surface area contributed by atoms with Gasteiger partial charge in [0.05, 0.1) is 5.02 Å². The maximum Gasteiger partial charge on any atom is 0.141 e. The maximum atomic E-state index is 13.1. The van der Waals surface area contributed by atoms with Crippen molar-refractivity contribution in [2.75, 3.05) is 0 Å². The fraction of sp³-hybridized carbons (Fsp3) is 0.286. The Morgan fingerprint density at radius 2 is 2.17 bits per heavy atom. The van der Waals surface area contributed by atoms with Crippen LogP contribution in [0.25, 0.3) is 0 Å². The Labute approximate surface area is 115 Å². The topological polar surface area (TPSA) is 26.0 Å². The van der Waals surface area contributed by atoms with Gasteiger partial charge in [-0.2, -0.15) is 0 Å². The predicted molar refractivity (Wildman–Crippen MR) is 75.7 cm³/mol. The average Bonchev–Trinajstić information content (AvgIpc) is 2.82. The third-order valence-corrected chi connectivity index (χ3v) is 4.32. The number of thiophene rings is 1. The summed E-state index contributed by atoms with van der Waals surface area (Å²) in [5, 5.41) is 2.22. The van der Waals surface area contributed by atoms with Crippen molar-refractivity contribution in [3.63, 3.8) is 0 Å². The minimum absolute atomic E-state index is 0.0542. The van der Waals surface area contributed by atoms with Gasteiger partial charge >= 0.3 is 0 Å². The van der Waals surface area contributed by atoms with Gasteiger partial charge < -0.3 is 5.73 Å². The van der Waals surface area contributed by atoms with Crippen molar-refractivity contribution in [1.29, 1.82) is 0 Å². The van der Waals surface area contributed by atoms with Crippen LogP contribution in [-0.4, -0.2) is 0 Å². The van der Waals surface area contributed by atoms with E-state index in [1.165, 1.54) is 16.5 Å². The van der Waals surface area contributed by atoms with Crippen LogP contribution in [0, 0.1) is 5.82 Å². The first kappa shape index (κ1) is 13.5. The second-order valence-electron chi connectivity index (χ2n) is 4.22. The molecule has 0 saturated heterocycles. The van der Waals surface area contributed by atoms with Gasteiger partial charge in [-0.3, -0.25) is 0 Å². The van der Waals surface area contributed by atoms with Gasteiger partial charge in [0.25, 0.3) is 0 Å². The molecule has 0 spiro atoms. The number of nitrogens with two attached hydrogens (primary N) is 1. The van der Waals surface area contributed by atoms with Gasteiger partial charge in [-0.15, -0.1) is 11.3 Å². The Bertz CT molecular complexity index is 538. The van der Waals surface area contributed by atoms with E-state index in [-0.39, 0.29) is 16.9 Å². The van der Waals surface area contributed by atoms with Crippen LogP contribution in [0.2, 0.25) is 5.02 Å². The third-order valence-electron chi connectivity index (χ3n) is 2.94. The van der Waals surface area contributed by atoms with Crippen LogP contribution in [0.4, 0.5) is 4.39 Å². The molecule has 0 bridgehead atoms. The molecule has 1 atom stereocenters. The van der Waals surface area contributed by atoms with Crippen molar-refractivity contribution in [1.82, 2.24) is 0 Å². The highest BCUT2D eigenvalue weighted by Gasteiger charge is 2.13. The number of hydrogen-bond acceptors (Lipinski definition) is 2. The summed E-state index contributed by atoms with van der Waals surface area (Å²) in [7, 11) is 0. The molecule has 1 aromatic carbocycles. The van der Waals surface area contributed by atoms with Gasteiger partial charge in [-0.1, -0.05) is 24.6 Å². The van der Waals surface area contributed by atoms with E-state index in [0.29, 0.717) is 6.42 Å². The molecule has 2 rings (SSSR count). The molecule has 0 aliphatic heterocycles. The van der Waals surface area contributed by atoms with E-state index >= 15 is 0 Å². The lowest BCUT2D eigenvalue weighted by molar-refractivity contribution is 0.626. The number of benzene rings is 1. The Morgan fingerprint density at radius 1 is 1.39 bits per heavy atom. The molecule has 96 valence electrons. The van der Waals surface area contributed by atoms with Crippen molar-refractivity contribution >= 4 is 22.9 Å². The SMILES string of the molecule is CCc1ccsc1C(N)Cc1ccc(F)c(Cl)c1. The Morgan fingerprint density at radius 3 is 2.83 bits per heavy atom. The van der Waals surface area contributed by atoms with Gasteiger partial charge in [0.15, 0.2) is 0 Å². The third kappa shape index (κ3) is 2.91. The van der Waals surface area contributed by atoms with Crippen LogP contribution in [0.3, 0.4) is 0 Å². The molecule has 0 radical (unpaired) electrons. The maximum absolute atomic E-state index is 13.1. The van der Waals surface area contributed by atoms with E-state index in [1.807, 2.05) is 0 Å². The summed E-state index contributed by atoms with van der Waals surface area (Å²) in [6.07, 6.45) is 1.66. The first-order valence-corrected chi connectivity index (χ1v) is 7.13. The van der Waals surface area contributed by atoms with Crippen LogP contribution in [0.1, 0.15) is 29.0 Å². The van der Waals surface area contributed by atoms with Crippen LogP contribution in [0.5, 0.6) is 0 Å². The Hall–Kier alpha value is -0.900. The normalized spacial score (nSPS) is 12.7. The minimum Gasteiger partial charge on any atom is -0.323 e. The predicted octanol–water partition coefficient (Wildman–Crippen LogP) is 4.35. The largest absolute Gasteiger partial charge is 0.323 e. The highest BCUT2D eigenvalue weighted by Crippen LogP contribution is 2.27.